The summed E-state index contributed by atoms with van der Waals surface area (Å²) in [6.07, 6.45) is 4.50. The molecule has 2 heterocycles. The maximum absolute atomic E-state index is 10.9. The fourth-order valence-corrected chi connectivity index (χ4v) is 1.83. The molecule has 0 amide bonds. The Bertz CT molecular complexity index is 536. The van der Waals surface area contributed by atoms with Gasteiger partial charge in [-0.25, -0.2) is 0 Å². The van der Waals surface area contributed by atoms with E-state index >= 15 is 0 Å². The van der Waals surface area contributed by atoms with Crippen LogP contribution in [0.25, 0.3) is 0 Å². The number of aromatic nitrogens is 3. The first-order chi connectivity index (χ1) is 8.72. The highest BCUT2D eigenvalue weighted by Gasteiger charge is 2.19. The average Bonchev–Trinajstić information content (AvgIpc) is 2.74. The zero-order valence-electron chi connectivity index (χ0n) is 10.1. The normalized spacial score (nSPS) is 10.5. The van der Waals surface area contributed by atoms with E-state index in [0.29, 0.717) is 18.7 Å². The van der Waals surface area contributed by atoms with Crippen molar-refractivity contribution >= 4 is 5.69 Å². The van der Waals surface area contributed by atoms with Crippen molar-refractivity contribution in [2.24, 2.45) is 0 Å². The number of nitro groups is 1. The van der Waals surface area contributed by atoms with Gasteiger partial charge in [-0.3, -0.25) is 19.8 Å². The molecule has 0 atom stereocenters. The maximum Gasteiger partial charge on any atom is 0.310 e. The molecule has 0 aliphatic carbocycles. The minimum atomic E-state index is -0.382. The van der Waals surface area contributed by atoms with Crippen LogP contribution in [0.15, 0.2) is 30.6 Å². The molecule has 2 aromatic rings. The van der Waals surface area contributed by atoms with E-state index in [9.17, 15) is 10.1 Å². The van der Waals surface area contributed by atoms with Gasteiger partial charge in [0.2, 0.25) is 0 Å². The number of nitrogens with zero attached hydrogens (tertiary/aromatic N) is 4. The van der Waals surface area contributed by atoms with E-state index in [0.717, 1.165) is 12.1 Å². The van der Waals surface area contributed by atoms with Gasteiger partial charge in [0.15, 0.2) is 0 Å². The largest absolute Gasteiger partial charge is 0.310 e. The van der Waals surface area contributed by atoms with Gasteiger partial charge in [0.25, 0.3) is 0 Å². The quantitative estimate of drug-likeness (QED) is 0.598. The number of hydrogen-bond acceptors (Lipinski definition) is 4. The van der Waals surface area contributed by atoms with Crippen LogP contribution < -0.4 is 0 Å². The molecule has 0 spiro atoms. The first-order valence-corrected chi connectivity index (χ1v) is 5.81. The highest BCUT2D eigenvalue weighted by Crippen LogP contribution is 2.20. The van der Waals surface area contributed by atoms with E-state index < -0.39 is 0 Å². The summed E-state index contributed by atoms with van der Waals surface area (Å²) in [6, 6.07) is 5.60. The standard InChI is InChI=1S/C12H14N4O2/c1-2-5-11-12(16(17)18)8-14-15(11)9-10-6-3-4-7-13-10/h3-4,6-8H,2,5,9H2,1H3. The Morgan fingerprint density at radius 2 is 2.28 bits per heavy atom. The molecule has 0 N–H and O–H groups in total. The minimum Gasteiger partial charge on any atom is -0.259 e. The SMILES string of the molecule is CCCc1c([N+](=O)[O-])cnn1Cc1ccccn1. The molecular formula is C12H14N4O2. The molecule has 0 saturated carbocycles. The van der Waals surface area contributed by atoms with Gasteiger partial charge in [-0.1, -0.05) is 19.4 Å². The summed E-state index contributed by atoms with van der Waals surface area (Å²) in [4.78, 5) is 14.7. The van der Waals surface area contributed by atoms with Crippen molar-refractivity contribution in [1.82, 2.24) is 14.8 Å². The number of rotatable bonds is 5. The summed E-state index contributed by atoms with van der Waals surface area (Å²) in [5.41, 5.74) is 1.59. The third kappa shape index (κ3) is 2.53. The van der Waals surface area contributed by atoms with Gasteiger partial charge in [-0.05, 0) is 18.6 Å². The van der Waals surface area contributed by atoms with Crippen LogP contribution in [-0.4, -0.2) is 19.7 Å². The topological polar surface area (TPSA) is 73.8 Å². The molecule has 0 saturated heterocycles. The second-order valence-electron chi connectivity index (χ2n) is 3.96. The van der Waals surface area contributed by atoms with Crippen molar-refractivity contribution in [2.45, 2.75) is 26.3 Å². The van der Waals surface area contributed by atoms with Gasteiger partial charge in [-0.2, -0.15) is 5.10 Å². The summed E-state index contributed by atoms with van der Waals surface area (Å²) < 4.78 is 1.66. The molecule has 0 aliphatic heterocycles. The Balaban J connectivity index is 2.30. The van der Waals surface area contributed by atoms with E-state index in [1.165, 1.54) is 6.20 Å². The van der Waals surface area contributed by atoms with Gasteiger partial charge in [0.05, 0.1) is 17.2 Å². The molecule has 0 unspecified atom stereocenters. The van der Waals surface area contributed by atoms with Gasteiger partial charge in [0, 0.05) is 6.20 Å². The molecular weight excluding hydrogens is 232 g/mol. The van der Waals surface area contributed by atoms with Crippen LogP contribution in [0.1, 0.15) is 24.7 Å². The highest BCUT2D eigenvalue weighted by atomic mass is 16.6. The van der Waals surface area contributed by atoms with E-state index in [-0.39, 0.29) is 10.6 Å². The zero-order chi connectivity index (χ0) is 13.0. The van der Waals surface area contributed by atoms with Gasteiger partial charge >= 0.3 is 5.69 Å². The Hall–Kier alpha value is -2.24. The summed E-state index contributed by atoms with van der Waals surface area (Å²) in [5.74, 6) is 0. The van der Waals surface area contributed by atoms with Crippen molar-refractivity contribution in [1.29, 1.82) is 0 Å². The van der Waals surface area contributed by atoms with Crippen molar-refractivity contribution in [2.75, 3.05) is 0 Å². The van der Waals surface area contributed by atoms with Crippen LogP contribution >= 0.6 is 0 Å². The third-order valence-electron chi connectivity index (χ3n) is 2.65. The summed E-state index contributed by atoms with van der Waals surface area (Å²) >= 11 is 0. The van der Waals surface area contributed by atoms with E-state index in [1.807, 2.05) is 25.1 Å². The Morgan fingerprint density at radius 3 is 2.89 bits per heavy atom. The van der Waals surface area contributed by atoms with Crippen molar-refractivity contribution in [3.05, 3.63) is 52.1 Å². The monoisotopic (exact) mass is 246 g/mol. The molecule has 0 aliphatic rings. The van der Waals surface area contributed by atoms with E-state index in [2.05, 4.69) is 10.1 Å². The van der Waals surface area contributed by atoms with Crippen LogP contribution in [0, 0.1) is 10.1 Å². The van der Waals surface area contributed by atoms with E-state index in [4.69, 9.17) is 0 Å². The molecule has 18 heavy (non-hydrogen) atoms. The fourth-order valence-electron chi connectivity index (χ4n) is 1.83. The molecule has 94 valence electrons. The van der Waals surface area contributed by atoms with Crippen LogP contribution in [-0.2, 0) is 13.0 Å². The molecule has 0 bridgehead atoms. The van der Waals surface area contributed by atoms with Crippen LogP contribution in [0.5, 0.6) is 0 Å². The first-order valence-electron chi connectivity index (χ1n) is 5.81. The molecule has 0 radical (unpaired) electrons. The Labute approximate surface area is 104 Å². The number of pyridine rings is 1. The minimum absolute atomic E-state index is 0.0905. The summed E-state index contributed by atoms with van der Waals surface area (Å²) in [7, 11) is 0. The predicted molar refractivity (Wildman–Crippen MR) is 66.2 cm³/mol. The van der Waals surface area contributed by atoms with Crippen LogP contribution in [0.4, 0.5) is 5.69 Å². The molecule has 6 heteroatoms. The summed E-state index contributed by atoms with van der Waals surface area (Å²) in [5, 5.41) is 15.0. The zero-order valence-corrected chi connectivity index (χ0v) is 10.1. The van der Waals surface area contributed by atoms with E-state index in [1.54, 1.807) is 10.9 Å². The Morgan fingerprint density at radius 1 is 1.44 bits per heavy atom. The molecule has 2 rings (SSSR count). The predicted octanol–water partition coefficient (Wildman–Crippen LogP) is 2.19. The van der Waals surface area contributed by atoms with Crippen molar-refractivity contribution in [3.8, 4) is 0 Å². The number of hydrogen-bond donors (Lipinski definition) is 0. The van der Waals surface area contributed by atoms with Gasteiger partial charge in [-0.15, -0.1) is 0 Å². The molecule has 2 aromatic heterocycles. The lowest BCUT2D eigenvalue weighted by Crippen LogP contribution is -2.08. The molecule has 0 fully saturated rings. The van der Waals surface area contributed by atoms with Crippen LogP contribution in [0.3, 0.4) is 0 Å². The van der Waals surface area contributed by atoms with Crippen LogP contribution in [0.2, 0.25) is 0 Å². The van der Waals surface area contributed by atoms with Gasteiger partial charge in [0.1, 0.15) is 11.9 Å². The van der Waals surface area contributed by atoms with Crippen molar-refractivity contribution < 1.29 is 4.92 Å². The smallest absolute Gasteiger partial charge is 0.259 e. The maximum atomic E-state index is 10.9. The second-order valence-corrected chi connectivity index (χ2v) is 3.96. The molecule has 0 aromatic carbocycles. The first kappa shape index (κ1) is 12.2. The highest BCUT2D eigenvalue weighted by molar-refractivity contribution is 5.33. The Kier molecular flexibility index (Phi) is 3.66. The summed E-state index contributed by atoms with van der Waals surface area (Å²) in [6.45, 7) is 2.45. The lowest BCUT2D eigenvalue weighted by Gasteiger charge is -2.05. The fraction of sp³-hybridized carbons (Fsp3) is 0.333. The third-order valence-corrected chi connectivity index (χ3v) is 2.65. The lowest BCUT2D eigenvalue weighted by molar-refractivity contribution is -0.385. The lowest BCUT2D eigenvalue weighted by atomic mass is 10.2. The molecule has 6 nitrogen and oxygen atoms in total. The van der Waals surface area contributed by atoms with Crippen molar-refractivity contribution in [3.63, 3.8) is 0 Å². The second kappa shape index (κ2) is 5.39. The average molecular weight is 246 g/mol. The van der Waals surface area contributed by atoms with Gasteiger partial charge < -0.3 is 0 Å².